The summed E-state index contributed by atoms with van der Waals surface area (Å²) in [7, 11) is 0. The van der Waals surface area contributed by atoms with Gasteiger partial charge in [-0.15, -0.1) is 0 Å². The topological polar surface area (TPSA) is 33.2 Å². The van der Waals surface area contributed by atoms with Gasteiger partial charge >= 0.3 is 0 Å². The summed E-state index contributed by atoms with van der Waals surface area (Å²) in [5.41, 5.74) is 3.15. The predicted octanol–water partition coefficient (Wildman–Crippen LogP) is 5.54. The first-order valence-electron chi connectivity index (χ1n) is 7.77. The maximum absolute atomic E-state index is 13.2. The Labute approximate surface area is 156 Å². The summed E-state index contributed by atoms with van der Waals surface area (Å²) in [5.74, 6) is -0.109. The Hall–Kier alpha value is -2.36. The molecule has 0 unspecified atom stereocenters. The van der Waals surface area contributed by atoms with Crippen LogP contribution in [0.15, 0.2) is 67.0 Å². The molecule has 3 nitrogen and oxygen atoms in total. The van der Waals surface area contributed by atoms with Crippen molar-refractivity contribution in [3.63, 3.8) is 0 Å². The van der Waals surface area contributed by atoms with Crippen LogP contribution in [0.5, 0.6) is 0 Å². The number of aryl methyl sites for hydroxylation is 1. The number of carbonyl (C=O) groups is 1. The minimum absolute atomic E-state index is 0.109. The Morgan fingerprint density at radius 3 is 2.48 bits per heavy atom. The van der Waals surface area contributed by atoms with E-state index >= 15 is 0 Å². The molecule has 0 atom stereocenters. The van der Waals surface area contributed by atoms with E-state index in [0.29, 0.717) is 27.8 Å². The number of hydrogen-bond donors (Lipinski definition) is 0. The van der Waals surface area contributed by atoms with E-state index in [0.717, 1.165) is 11.1 Å². The van der Waals surface area contributed by atoms with Crippen LogP contribution in [0.2, 0.25) is 10.0 Å². The van der Waals surface area contributed by atoms with Gasteiger partial charge in [-0.2, -0.15) is 0 Å². The molecule has 0 aliphatic heterocycles. The van der Waals surface area contributed by atoms with Crippen molar-refractivity contribution in [2.45, 2.75) is 13.5 Å². The van der Waals surface area contributed by atoms with E-state index in [2.05, 4.69) is 4.98 Å². The average molecular weight is 371 g/mol. The highest BCUT2D eigenvalue weighted by atomic mass is 35.5. The van der Waals surface area contributed by atoms with E-state index in [4.69, 9.17) is 23.2 Å². The molecule has 0 spiro atoms. The Morgan fingerprint density at radius 1 is 1.04 bits per heavy atom. The van der Waals surface area contributed by atoms with E-state index in [1.54, 1.807) is 41.6 Å². The van der Waals surface area contributed by atoms with Crippen molar-refractivity contribution in [1.29, 1.82) is 0 Å². The molecule has 2 aromatic carbocycles. The zero-order valence-electron chi connectivity index (χ0n) is 13.6. The molecule has 0 saturated heterocycles. The van der Waals surface area contributed by atoms with Gasteiger partial charge in [0.1, 0.15) is 0 Å². The summed E-state index contributed by atoms with van der Waals surface area (Å²) >= 11 is 12.2. The molecule has 0 aliphatic rings. The summed E-state index contributed by atoms with van der Waals surface area (Å²) in [6.45, 7) is 2.30. The second kappa shape index (κ2) is 7.68. The molecule has 25 heavy (non-hydrogen) atoms. The second-order valence-electron chi connectivity index (χ2n) is 5.67. The minimum Gasteiger partial charge on any atom is -0.304 e. The van der Waals surface area contributed by atoms with Crippen LogP contribution in [0, 0.1) is 6.92 Å². The molecule has 1 aromatic heterocycles. The predicted molar refractivity (Wildman–Crippen MR) is 102 cm³/mol. The first-order chi connectivity index (χ1) is 12.1. The summed E-state index contributed by atoms with van der Waals surface area (Å²) < 4.78 is 0. The van der Waals surface area contributed by atoms with Gasteiger partial charge in [-0.3, -0.25) is 9.78 Å². The Kier molecular flexibility index (Phi) is 5.37. The number of benzene rings is 2. The third-order valence-corrected chi connectivity index (χ3v) is 4.63. The summed E-state index contributed by atoms with van der Waals surface area (Å²) in [5, 5.41) is 0.870. The van der Waals surface area contributed by atoms with E-state index in [1.165, 1.54) is 0 Å². The van der Waals surface area contributed by atoms with Gasteiger partial charge in [-0.25, -0.2) is 0 Å². The van der Waals surface area contributed by atoms with Gasteiger partial charge in [0.25, 0.3) is 5.91 Å². The van der Waals surface area contributed by atoms with Crippen LogP contribution in [0.4, 0.5) is 5.69 Å². The van der Waals surface area contributed by atoms with E-state index in [-0.39, 0.29) is 5.91 Å². The number of halogens is 2. The van der Waals surface area contributed by atoms with Crippen molar-refractivity contribution < 1.29 is 4.79 Å². The highest BCUT2D eigenvalue weighted by molar-refractivity contribution is 6.42. The number of aromatic nitrogens is 1. The Morgan fingerprint density at radius 2 is 1.80 bits per heavy atom. The van der Waals surface area contributed by atoms with Crippen LogP contribution in [0.25, 0.3) is 0 Å². The fraction of sp³-hybridized carbons (Fsp3) is 0.100. The van der Waals surface area contributed by atoms with Gasteiger partial charge in [-0.05, 0) is 42.3 Å². The van der Waals surface area contributed by atoms with E-state index < -0.39 is 0 Å². The number of amides is 1. The molecule has 0 saturated carbocycles. The fourth-order valence-corrected chi connectivity index (χ4v) is 2.85. The van der Waals surface area contributed by atoms with Crippen LogP contribution in [0.1, 0.15) is 21.5 Å². The van der Waals surface area contributed by atoms with Crippen molar-refractivity contribution >= 4 is 34.8 Å². The first kappa shape index (κ1) is 17.5. The van der Waals surface area contributed by atoms with Crippen molar-refractivity contribution in [3.8, 4) is 0 Å². The largest absolute Gasteiger partial charge is 0.304 e. The molecule has 0 fully saturated rings. The van der Waals surface area contributed by atoms with Crippen LogP contribution in [-0.4, -0.2) is 10.9 Å². The van der Waals surface area contributed by atoms with E-state index in [9.17, 15) is 4.79 Å². The lowest BCUT2D eigenvalue weighted by Crippen LogP contribution is -2.31. The summed E-state index contributed by atoms with van der Waals surface area (Å²) in [6, 6.07) is 16.7. The van der Waals surface area contributed by atoms with E-state index in [1.807, 2.05) is 37.3 Å². The van der Waals surface area contributed by atoms with Crippen molar-refractivity contribution in [2.75, 3.05) is 4.90 Å². The van der Waals surface area contributed by atoms with Crippen LogP contribution in [0.3, 0.4) is 0 Å². The number of pyridine rings is 1. The average Bonchev–Trinajstić information content (AvgIpc) is 2.63. The number of hydrogen-bond acceptors (Lipinski definition) is 2. The van der Waals surface area contributed by atoms with Gasteiger partial charge in [0, 0.05) is 23.6 Å². The lowest BCUT2D eigenvalue weighted by molar-refractivity contribution is 0.0984. The quantitative estimate of drug-likeness (QED) is 0.603. The van der Waals surface area contributed by atoms with Crippen LogP contribution >= 0.6 is 23.2 Å². The van der Waals surface area contributed by atoms with Crippen LogP contribution in [-0.2, 0) is 6.54 Å². The van der Waals surface area contributed by atoms with Gasteiger partial charge < -0.3 is 4.90 Å². The first-order valence-corrected chi connectivity index (χ1v) is 8.53. The number of carbonyl (C=O) groups excluding carboxylic acids is 1. The van der Waals surface area contributed by atoms with Crippen molar-refractivity contribution in [1.82, 2.24) is 4.98 Å². The molecule has 5 heteroatoms. The molecule has 0 bridgehead atoms. The van der Waals surface area contributed by atoms with Crippen LogP contribution < -0.4 is 4.90 Å². The van der Waals surface area contributed by atoms with Crippen molar-refractivity contribution in [3.05, 3.63) is 93.7 Å². The monoisotopic (exact) mass is 370 g/mol. The summed E-state index contributed by atoms with van der Waals surface area (Å²) in [6.07, 6.45) is 3.30. The van der Waals surface area contributed by atoms with Gasteiger partial charge in [0.05, 0.1) is 16.6 Å². The smallest absolute Gasteiger partial charge is 0.258 e. The second-order valence-corrected chi connectivity index (χ2v) is 6.48. The molecule has 3 aromatic rings. The normalized spacial score (nSPS) is 10.5. The molecule has 126 valence electrons. The van der Waals surface area contributed by atoms with Gasteiger partial charge in [0.15, 0.2) is 0 Å². The lowest BCUT2D eigenvalue weighted by atomic mass is 10.1. The molecule has 1 amide bonds. The SMILES string of the molecule is Cc1cnccc1C(=O)N(Cc1ccccc1)c1ccc(Cl)c(Cl)c1. The highest BCUT2D eigenvalue weighted by Gasteiger charge is 2.20. The number of anilines is 1. The Bertz CT molecular complexity index is 897. The number of nitrogens with zero attached hydrogens (tertiary/aromatic N) is 2. The molecule has 3 rings (SSSR count). The maximum atomic E-state index is 13.2. The molecule has 0 N–H and O–H groups in total. The molecular formula is C20H16Cl2N2O. The third kappa shape index (κ3) is 4.01. The highest BCUT2D eigenvalue weighted by Crippen LogP contribution is 2.29. The summed E-state index contributed by atoms with van der Waals surface area (Å²) in [4.78, 5) is 18.9. The lowest BCUT2D eigenvalue weighted by Gasteiger charge is -2.24. The zero-order valence-corrected chi connectivity index (χ0v) is 15.1. The Balaban J connectivity index is 2.03. The minimum atomic E-state index is -0.109. The standard InChI is InChI=1S/C20H16Cl2N2O/c1-14-12-23-10-9-17(14)20(25)24(13-15-5-3-2-4-6-15)16-7-8-18(21)19(22)11-16/h2-12H,13H2,1H3. The maximum Gasteiger partial charge on any atom is 0.258 e. The zero-order chi connectivity index (χ0) is 17.8. The fourth-order valence-electron chi connectivity index (χ4n) is 2.56. The number of rotatable bonds is 4. The third-order valence-electron chi connectivity index (χ3n) is 3.89. The molecular weight excluding hydrogens is 355 g/mol. The molecule has 1 heterocycles. The van der Waals surface area contributed by atoms with Crippen molar-refractivity contribution in [2.24, 2.45) is 0 Å². The molecule has 0 radical (unpaired) electrons. The molecule has 0 aliphatic carbocycles. The van der Waals surface area contributed by atoms with Gasteiger partial charge in [0.2, 0.25) is 0 Å². The van der Waals surface area contributed by atoms with Gasteiger partial charge in [-0.1, -0.05) is 53.5 Å².